The number of hydrogen-bond acceptors (Lipinski definition) is 4. The fourth-order valence-corrected chi connectivity index (χ4v) is 4.06. The van der Waals surface area contributed by atoms with Gasteiger partial charge < -0.3 is 0 Å². The van der Waals surface area contributed by atoms with E-state index in [0.717, 1.165) is 30.8 Å². The lowest BCUT2D eigenvalue weighted by Gasteiger charge is -2.13. The average molecular weight is 334 g/mol. The monoisotopic (exact) mass is 334 g/mol. The fraction of sp³-hybridized carbons (Fsp3) is 0.500. The predicted octanol–water partition coefficient (Wildman–Crippen LogP) is 1.79. The molecule has 0 radical (unpaired) electrons. The Bertz CT molecular complexity index is 785. The molecule has 6 nitrogen and oxygen atoms in total. The van der Waals surface area contributed by atoms with Crippen molar-refractivity contribution in [2.24, 2.45) is 5.92 Å². The molecule has 0 aromatic carbocycles. The molecule has 1 saturated heterocycles. The highest BCUT2D eigenvalue weighted by atomic mass is 32.2. The van der Waals surface area contributed by atoms with Crippen LogP contribution in [0.3, 0.4) is 0 Å². The standard InChI is InChI=1S/C16H22N4O2S/c1-3-20-16(5-8-18-20)15-11-13(4-7-17-15)10-14-6-9-19(12-14)23(2,21)22/h4-5,7-8,11,14H,3,6,9-10,12H2,1-2H3. The minimum Gasteiger partial charge on any atom is -0.264 e. The number of nitrogens with zero attached hydrogens (tertiary/aromatic N) is 4. The molecule has 1 aliphatic rings. The van der Waals surface area contributed by atoms with Gasteiger partial charge in [0.05, 0.1) is 17.6 Å². The summed E-state index contributed by atoms with van der Waals surface area (Å²) >= 11 is 0. The summed E-state index contributed by atoms with van der Waals surface area (Å²) in [5.41, 5.74) is 3.12. The number of hydrogen-bond donors (Lipinski definition) is 0. The molecule has 1 fully saturated rings. The Hall–Kier alpha value is -1.73. The Labute approximate surface area is 137 Å². The molecule has 0 aliphatic carbocycles. The van der Waals surface area contributed by atoms with Gasteiger partial charge in [0.15, 0.2) is 0 Å². The topological polar surface area (TPSA) is 68.1 Å². The summed E-state index contributed by atoms with van der Waals surface area (Å²) in [4.78, 5) is 4.45. The van der Waals surface area contributed by atoms with Gasteiger partial charge in [0, 0.05) is 32.0 Å². The Morgan fingerprint density at radius 2 is 2.13 bits per heavy atom. The van der Waals surface area contributed by atoms with Crippen LogP contribution >= 0.6 is 0 Å². The summed E-state index contributed by atoms with van der Waals surface area (Å²) < 4.78 is 26.7. The van der Waals surface area contributed by atoms with E-state index in [-0.39, 0.29) is 0 Å². The van der Waals surface area contributed by atoms with Crippen LogP contribution in [0.5, 0.6) is 0 Å². The first-order valence-electron chi connectivity index (χ1n) is 7.89. The first-order chi connectivity index (χ1) is 11.0. The quantitative estimate of drug-likeness (QED) is 0.836. The maximum Gasteiger partial charge on any atom is 0.211 e. The molecule has 0 N–H and O–H groups in total. The summed E-state index contributed by atoms with van der Waals surface area (Å²) in [6.45, 7) is 4.10. The van der Waals surface area contributed by atoms with Gasteiger partial charge in [-0.3, -0.25) is 9.67 Å². The zero-order valence-electron chi connectivity index (χ0n) is 13.5. The van der Waals surface area contributed by atoms with Crippen molar-refractivity contribution in [3.05, 3.63) is 36.2 Å². The van der Waals surface area contributed by atoms with Crippen LogP contribution < -0.4 is 0 Å². The van der Waals surface area contributed by atoms with Gasteiger partial charge in [-0.25, -0.2) is 12.7 Å². The van der Waals surface area contributed by atoms with Crippen LogP contribution in [0.4, 0.5) is 0 Å². The van der Waals surface area contributed by atoms with Crippen molar-refractivity contribution in [2.75, 3.05) is 19.3 Å². The van der Waals surface area contributed by atoms with Crippen LogP contribution in [0, 0.1) is 5.92 Å². The Kier molecular flexibility index (Phi) is 4.50. The van der Waals surface area contributed by atoms with Gasteiger partial charge in [-0.2, -0.15) is 5.10 Å². The van der Waals surface area contributed by atoms with E-state index in [1.807, 2.05) is 23.0 Å². The number of aromatic nitrogens is 3. The lowest BCUT2D eigenvalue weighted by molar-refractivity contribution is 0.460. The van der Waals surface area contributed by atoms with Crippen LogP contribution in [0.25, 0.3) is 11.4 Å². The summed E-state index contributed by atoms with van der Waals surface area (Å²) in [7, 11) is -3.07. The molecular formula is C16H22N4O2S. The van der Waals surface area contributed by atoms with Crippen molar-refractivity contribution in [1.82, 2.24) is 19.1 Å². The number of sulfonamides is 1. The first-order valence-corrected chi connectivity index (χ1v) is 9.74. The summed E-state index contributed by atoms with van der Waals surface area (Å²) in [5, 5.41) is 4.28. The lowest BCUT2D eigenvalue weighted by Crippen LogP contribution is -2.27. The maximum absolute atomic E-state index is 11.6. The molecule has 3 rings (SSSR count). The molecular weight excluding hydrogens is 312 g/mol. The van der Waals surface area contributed by atoms with E-state index < -0.39 is 10.0 Å². The molecule has 1 atom stereocenters. The molecule has 2 aromatic rings. The van der Waals surface area contributed by atoms with Crippen molar-refractivity contribution >= 4 is 10.0 Å². The summed E-state index contributed by atoms with van der Waals surface area (Å²) in [5.74, 6) is 0.371. The Morgan fingerprint density at radius 1 is 1.30 bits per heavy atom. The van der Waals surface area contributed by atoms with Gasteiger partial charge in [0.2, 0.25) is 10.0 Å². The van der Waals surface area contributed by atoms with Crippen molar-refractivity contribution in [3.63, 3.8) is 0 Å². The molecule has 0 bridgehead atoms. The largest absolute Gasteiger partial charge is 0.264 e. The van der Waals surface area contributed by atoms with E-state index in [0.29, 0.717) is 19.0 Å². The Balaban J connectivity index is 1.74. The van der Waals surface area contributed by atoms with Crippen molar-refractivity contribution in [2.45, 2.75) is 26.3 Å². The lowest BCUT2D eigenvalue weighted by atomic mass is 9.99. The summed E-state index contributed by atoms with van der Waals surface area (Å²) in [6.07, 6.45) is 6.68. The minimum atomic E-state index is -3.07. The maximum atomic E-state index is 11.6. The van der Waals surface area contributed by atoms with Gasteiger partial charge in [0.1, 0.15) is 0 Å². The van der Waals surface area contributed by atoms with E-state index in [1.54, 1.807) is 10.5 Å². The minimum absolute atomic E-state index is 0.371. The van der Waals surface area contributed by atoms with Gasteiger partial charge in [0.25, 0.3) is 0 Å². The van der Waals surface area contributed by atoms with E-state index in [2.05, 4.69) is 23.1 Å². The SMILES string of the molecule is CCn1nccc1-c1cc(CC2CCN(S(C)(=O)=O)C2)ccn1. The molecule has 1 aliphatic heterocycles. The number of aryl methyl sites for hydroxylation is 1. The smallest absolute Gasteiger partial charge is 0.211 e. The third kappa shape index (κ3) is 3.61. The van der Waals surface area contributed by atoms with E-state index >= 15 is 0 Å². The van der Waals surface area contributed by atoms with Crippen LogP contribution in [-0.2, 0) is 23.0 Å². The van der Waals surface area contributed by atoms with Crippen LogP contribution in [0.15, 0.2) is 30.6 Å². The highest BCUT2D eigenvalue weighted by Crippen LogP contribution is 2.24. The van der Waals surface area contributed by atoms with Crippen molar-refractivity contribution in [3.8, 4) is 11.4 Å². The van der Waals surface area contributed by atoms with Gasteiger partial charge in [-0.05, 0) is 49.4 Å². The average Bonchev–Trinajstić information content (AvgIpc) is 3.15. The third-order valence-corrected chi connectivity index (χ3v) is 5.61. The second-order valence-corrected chi connectivity index (χ2v) is 8.04. The van der Waals surface area contributed by atoms with Crippen molar-refractivity contribution in [1.29, 1.82) is 0 Å². The molecule has 23 heavy (non-hydrogen) atoms. The van der Waals surface area contributed by atoms with Gasteiger partial charge in [-0.15, -0.1) is 0 Å². The molecule has 124 valence electrons. The second-order valence-electron chi connectivity index (χ2n) is 6.06. The van der Waals surface area contributed by atoms with Crippen molar-refractivity contribution < 1.29 is 8.42 Å². The molecule has 3 heterocycles. The predicted molar refractivity (Wildman–Crippen MR) is 89.4 cm³/mol. The normalized spacial score (nSPS) is 19.3. The number of rotatable bonds is 5. The molecule has 1 unspecified atom stereocenters. The van der Waals surface area contributed by atoms with E-state index in [9.17, 15) is 8.42 Å². The summed E-state index contributed by atoms with van der Waals surface area (Å²) in [6, 6.07) is 6.07. The van der Waals surface area contributed by atoms with E-state index in [1.165, 1.54) is 11.8 Å². The molecule has 0 saturated carbocycles. The molecule has 0 amide bonds. The van der Waals surface area contributed by atoms with Gasteiger partial charge >= 0.3 is 0 Å². The van der Waals surface area contributed by atoms with Crippen LogP contribution in [-0.4, -0.2) is 46.8 Å². The third-order valence-electron chi connectivity index (χ3n) is 4.34. The highest BCUT2D eigenvalue weighted by Gasteiger charge is 2.28. The molecule has 7 heteroatoms. The highest BCUT2D eigenvalue weighted by molar-refractivity contribution is 7.88. The fourth-order valence-electron chi connectivity index (χ4n) is 3.14. The zero-order chi connectivity index (χ0) is 16.4. The first kappa shape index (κ1) is 16.1. The van der Waals surface area contributed by atoms with Crippen LogP contribution in [0.2, 0.25) is 0 Å². The van der Waals surface area contributed by atoms with Gasteiger partial charge in [-0.1, -0.05) is 0 Å². The second kappa shape index (κ2) is 6.41. The molecule has 2 aromatic heterocycles. The van der Waals surface area contributed by atoms with E-state index in [4.69, 9.17) is 0 Å². The zero-order valence-corrected chi connectivity index (χ0v) is 14.3. The molecule has 0 spiro atoms. The Morgan fingerprint density at radius 3 is 2.83 bits per heavy atom. The van der Waals surface area contributed by atoms with Crippen LogP contribution in [0.1, 0.15) is 18.9 Å². The number of pyridine rings is 1.